The summed E-state index contributed by atoms with van der Waals surface area (Å²) in [5.74, 6) is -3.21. The number of benzene rings is 1. The molecule has 0 saturated carbocycles. The predicted molar refractivity (Wildman–Crippen MR) is 61.7 cm³/mol. The van der Waals surface area contributed by atoms with E-state index in [1.807, 2.05) is 6.92 Å². The zero-order valence-electron chi connectivity index (χ0n) is 10.0. The largest absolute Gasteiger partial charge is 0.468 e. The summed E-state index contributed by atoms with van der Waals surface area (Å²) in [6, 6.07) is 6.69. The molecule has 4 heteroatoms. The van der Waals surface area contributed by atoms with E-state index in [0.29, 0.717) is 5.56 Å². The van der Waals surface area contributed by atoms with Gasteiger partial charge in [-0.2, -0.15) is 0 Å². The normalized spacial score (nSPS) is 11.7. The van der Waals surface area contributed by atoms with E-state index >= 15 is 0 Å². The standard InChI is InChI=1S/C13H14O4/c1-8-4-6-10(7-5-8)12(15)11(9(2)14)13(16)17-3/h4-7,11H,1-3H3/t11-/m0/s1. The van der Waals surface area contributed by atoms with Gasteiger partial charge in [0, 0.05) is 5.56 Å². The summed E-state index contributed by atoms with van der Waals surface area (Å²) in [6.07, 6.45) is 0. The molecule has 1 aromatic rings. The monoisotopic (exact) mass is 234 g/mol. The highest BCUT2D eigenvalue weighted by molar-refractivity contribution is 6.21. The van der Waals surface area contributed by atoms with Gasteiger partial charge in [0.2, 0.25) is 0 Å². The summed E-state index contributed by atoms with van der Waals surface area (Å²) in [6.45, 7) is 3.09. The third kappa shape index (κ3) is 3.00. The number of esters is 1. The lowest BCUT2D eigenvalue weighted by atomic mass is 9.94. The zero-order chi connectivity index (χ0) is 13.0. The van der Waals surface area contributed by atoms with Crippen molar-refractivity contribution in [2.24, 2.45) is 5.92 Å². The lowest BCUT2D eigenvalue weighted by Gasteiger charge is -2.10. The van der Waals surface area contributed by atoms with Crippen LogP contribution in [0.4, 0.5) is 0 Å². The van der Waals surface area contributed by atoms with Crippen LogP contribution in [0.25, 0.3) is 0 Å². The summed E-state index contributed by atoms with van der Waals surface area (Å²) in [4.78, 5) is 34.7. The van der Waals surface area contributed by atoms with Crippen LogP contribution in [0.3, 0.4) is 0 Å². The average Bonchev–Trinajstić information content (AvgIpc) is 2.29. The Morgan fingerprint density at radius 1 is 1.12 bits per heavy atom. The van der Waals surface area contributed by atoms with Gasteiger partial charge in [0.05, 0.1) is 7.11 Å². The van der Waals surface area contributed by atoms with Gasteiger partial charge < -0.3 is 4.74 Å². The molecule has 0 unspecified atom stereocenters. The van der Waals surface area contributed by atoms with E-state index in [1.165, 1.54) is 6.92 Å². The Bertz CT molecular complexity index is 445. The van der Waals surface area contributed by atoms with E-state index < -0.39 is 23.5 Å². The van der Waals surface area contributed by atoms with Gasteiger partial charge in [-0.1, -0.05) is 29.8 Å². The Hall–Kier alpha value is -1.97. The molecule has 1 rings (SSSR count). The number of aryl methyl sites for hydroxylation is 1. The Morgan fingerprint density at radius 2 is 1.65 bits per heavy atom. The second-order valence-corrected chi connectivity index (χ2v) is 3.80. The van der Waals surface area contributed by atoms with Gasteiger partial charge in [-0.25, -0.2) is 0 Å². The van der Waals surface area contributed by atoms with Crippen molar-refractivity contribution in [3.8, 4) is 0 Å². The van der Waals surface area contributed by atoms with Crippen molar-refractivity contribution in [3.63, 3.8) is 0 Å². The molecule has 90 valence electrons. The number of carbonyl (C=O) groups is 3. The van der Waals surface area contributed by atoms with Crippen molar-refractivity contribution >= 4 is 17.5 Å². The van der Waals surface area contributed by atoms with Crippen molar-refractivity contribution in [3.05, 3.63) is 35.4 Å². The minimum atomic E-state index is -1.36. The molecule has 0 amide bonds. The van der Waals surface area contributed by atoms with Crippen LogP contribution < -0.4 is 0 Å². The fourth-order valence-corrected chi connectivity index (χ4v) is 1.46. The molecule has 17 heavy (non-hydrogen) atoms. The molecule has 0 heterocycles. The van der Waals surface area contributed by atoms with Crippen molar-refractivity contribution in [1.82, 2.24) is 0 Å². The Balaban J connectivity index is 3.04. The molecule has 0 saturated heterocycles. The van der Waals surface area contributed by atoms with Gasteiger partial charge in [0.1, 0.15) is 0 Å². The van der Waals surface area contributed by atoms with Crippen LogP contribution in [-0.4, -0.2) is 24.6 Å². The highest BCUT2D eigenvalue weighted by atomic mass is 16.5. The van der Waals surface area contributed by atoms with Crippen LogP contribution in [0.5, 0.6) is 0 Å². The average molecular weight is 234 g/mol. The van der Waals surface area contributed by atoms with Crippen LogP contribution in [0.1, 0.15) is 22.8 Å². The van der Waals surface area contributed by atoms with Crippen molar-refractivity contribution in [1.29, 1.82) is 0 Å². The number of hydrogen-bond acceptors (Lipinski definition) is 4. The lowest BCUT2D eigenvalue weighted by Crippen LogP contribution is -2.31. The van der Waals surface area contributed by atoms with E-state index in [2.05, 4.69) is 4.74 Å². The fourth-order valence-electron chi connectivity index (χ4n) is 1.46. The molecule has 0 N–H and O–H groups in total. The molecule has 1 atom stereocenters. The first-order chi connectivity index (χ1) is 7.97. The molecule has 0 radical (unpaired) electrons. The zero-order valence-corrected chi connectivity index (χ0v) is 10.0. The highest BCUT2D eigenvalue weighted by Gasteiger charge is 2.32. The molecular weight excluding hydrogens is 220 g/mol. The Kier molecular flexibility index (Phi) is 4.15. The SMILES string of the molecule is COC(=O)[C@@H](C(C)=O)C(=O)c1ccc(C)cc1. The third-order valence-electron chi connectivity index (χ3n) is 2.44. The molecular formula is C13H14O4. The number of carbonyl (C=O) groups excluding carboxylic acids is 3. The van der Waals surface area contributed by atoms with E-state index in [0.717, 1.165) is 12.7 Å². The minimum Gasteiger partial charge on any atom is -0.468 e. The molecule has 0 aliphatic heterocycles. The third-order valence-corrected chi connectivity index (χ3v) is 2.44. The maximum absolute atomic E-state index is 12.0. The van der Waals surface area contributed by atoms with Crippen molar-refractivity contribution < 1.29 is 19.1 Å². The van der Waals surface area contributed by atoms with Gasteiger partial charge in [-0.3, -0.25) is 14.4 Å². The first-order valence-electron chi connectivity index (χ1n) is 5.16. The van der Waals surface area contributed by atoms with Crippen LogP contribution >= 0.6 is 0 Å². The topological polar surface area (TPSA) is 60.4 Å². The van der Waals surface area contributed by atoms with Crippen LogP contribution in [0.2, 0.25) is 0 Å². The van der Waals surface area contributed by atoms with E-state index in [9.17, 15) is 14.4 Å². The number of hydrogen-bond donors (Lipinski definition) is 0. The Morgan fingerprint density at radius 3 is 2.06 bits per heavy atom. The molecule has 1 aromatic carbocycles. The number of methoxy groups -OCH3 is 1. The predicted octanol–water partition coefficient (Wildman–Crippen LogP) is 1.56. The number of Topliss-reactive ketones (excluding diaryl/α,β-unsaturated/α-hetero) is 2. The molecule has 0 spiro atoms. The summed E-state index contributed by atoms with van der Waals surface area (Å²) < 4.78 is 4.46. The van der Waals surface area contributed by atoms with Gasteiger partial charge >= 0.3 is 5.97 Å². The first-order valence-corrected chi connectivity index (χ1v) is 5.16. The van der Waals surface area contributed by atoms with E-state index in [-0.39, 0.29) is 0 Å². The summed E-state index contributed by atoms with van der Waals surface area (Å²) in [5.41, 5.74) is 1.33. The molecule has 0 bridgehead atoms. The summed E-state index contributed by atoms with van der Waals surface area (Å²) in [5, 5.41) is 0. The second kappa shape index (κ2) is 5.39. The van der Waals surface area contributed by atoms with E-state index in [4.69, 9.17) is 0 Å². The molecule has 0 aliphatic rings. The number of ketones is 2. The molecule has 0 aromatic heterocycles. The number of ether oxygens (including phenoxy) is 1. The fraction of sp³-hybridized carbons (Fsp3) is 0.308. The first kappa shape index (κ1) is 13.1. The molecule has 0 fully saturated rings. The summed E-state index contributed by atoms with van der Waals surface area (Å²) in [7, 11) is 1.15. The second-order valence-electron chi connectivity index (χ2n) is 3.80. The minimum absolute atomic E-state index is 0.334. The van der Waals surface area contributed by atoms with Gasteiger partial charge in [-0.05, 0) is 13.8 Å². The van der Waals surface area contributed by atoms with E-state index in [1.54, 1.807) is 24.3 Å². The van der Waals surface area contributed by atoms with Crippen LogP contribution in [0.15, 0.2) is 24.3 Å². The van der Waals surface area contributed by atoms with Crippen molar-refractivity contribution in [2.75, 3.05) is 7.11 Å². The summed E-state index contributed by atoms with van der Waals surface area (Å²) >= 11 is 0. The maximum Gasteiger partial charge on any atom is 0.324 e. The lowest BCUT2D eigenvalue weighted by molar-refractivity contribution is -0.146. The number of rotatable bonds is 4. The van der Waals surface area contributed by atoms with Gasteiger partial charge in [-0.15, -0.1) is 0 Å². The maximum atomic E-state index is 12.0. The van der Waals surface area contributed by atoms with Crippen LogP contribution in [-0.2, 0) is 14.3 Å². The van der Waals surface area contributed by atoms with Gasteiger partial charge in [0.25, 0.3) is 0 Å². The van der Waals surface area contributed by atoms with Crippen molar-refractivity contribution in [2.45, 2.75) is 13.8 Å². The highest BCUT2D eigenvalue weighted by Crippen LogP contribution is 2.13. The van der Waals surface area contributed by atoms with Gasteiger partial charge in [0.15, 0.2) is 17.5 Å². The Labute approximate surface area is 99.6 Å². The molecule has 0 aliphatic carbocycles. The smallest absolute Gasteiger partial charge is 0.324 e. The van der Waals surface area contributed by atoms with Crippen LogP contribution in [0, 0.1) is 12.8 Å². The quantitative estimate of drug-likeness (QED) is 0.450. The molecule has 4 nitrogen and oxygen atoms in total.